The Morgan fingerprint density at radius 1 is 0.739 bits per heavy atom. The zero-order chi connectivity index (χ0) is 31.5. The molecule has 0 aliphatic rings. The lowest BCUT2D eigenvalue weighted by Gasteiger charge is -2.24. The Morgan fingerprint density at radius 3 is 2.28 bits per heavy atom. The Kier molecular flexibility index (Phi) is 6.43. The van der Waals surface area contributed by atoms with E-state index in [2.05, 4.69) is 109 Å². The second kappa shape index (κ2) is 10.7. The van der Waals surface area contributed by atoms with Crippen LogP contribution in [-0.2, 0) is 0 Å². The molecule has 8 aromatic rings. The molecule has 0 saturated carbocycles. The van der Waals surface area contributed by atoms with Gasteiger partial charge in [0.2, 0.25) is 5.71 Å². The average Bonchev–Trinajstić information content (AvgIpc) is 3.65. The molecule has 0 saturated heterocycles. The zero-order valence-corrected chi connectivity index (χ0v) is 26.1. The van der Waals surface area contributed by atoms with Crippen molar-refractivity contribution in [1.82, 2.24) is 19.5 Å². The Bertz CT molecular complexity index is 2480. The van der Waals surface area contributed by atoms with E-state index in [9.17, 15) is 5.26 Å². The molecule has 0 amide bonds. The number of aromatic nitrogens is 4. The van der Waals surface area contributed by atoms with Gasteiger partial charge in [-0.3, -0.25) is 9.55 Å². The van der Waals surface area contributed by atoms with E-state index >= 15 is 0 Å². The zero-order valence-electron chi connectivity index (χ0n) is 26.1. The van der Waals surface area contributed by atoms with Gasteiger partial charge in [-0.25, -0.2) is 9.97 Å². The maximum absolute atomic E-state index is 9.45. The van der Waals surface area contributed by atoms with E-state index in [1.54, 1.807) is 12.3 Å². The lowest BCUT2D eigenvalue weighted by Crippen LogP contribution is -2.09. The highest BCUT2D eigenvalue weighted by Crippen LogP contribution is 2.42. The van der Waals surface area contributed by atoms with Crippen LogP contribution in [0.1, 0.15) is 56.4 Å². The molecular weight excluding hydrogens is 566 g/mol. The van der Waals surface area contributed by atoms with E-state index in [-0.39, 0.29) is 11.8 Å². The van der Waals surface area contributed by atoms with Crippen LogP contribution in [0.4, 0.5) is 0 Å². The van der Waals surface area contributed by atoms with E-state index in [0.29, 0.717) is 17.0 Å². The first-order chi connectivity index (χ1) is 22.4. The van der Waals surface area contributed by atoms with Crippen LogP contribution in [0.25, 0.3) is 72.1 Å². The Morgan fingerprint density at radius 2 is 1.52 bits per heavy atom. The van der Waals surface area contributed by atoms with Crippen molar-refractivity contribution in [3.63, 3.8) is 0 Å². The van der Waals surface area contributed by atoms with E-state index in [1.165, 1.54) is 33.0 Å². The molecule has 46 heavy (non-hydrogen) atoms. The van der Waals surface area contributed by atoms with Crippen LogP contribution in [0.2, 0.25) is 0 Å². The molecule has 0 N–H and O–H groups in total. The van der Waals surface area contributed by atoms with Gasteiger partial charge in [-0.15, -0.1) is 0 Å². The summed E-state index contributed by atoms with van der Waals surface area (Å²) in [4.78, 5) is 14.2. The van der Waals surface area contributed by atoms with Crippen LogP contribution < -0.4 is 0 Å². The predicted molar refractivity (Wildman–Crippen MR) is 185 cm³/mol. The number of hydrogen-bond acceptors (Lipinski definition) is 5. The first-order valence-electron chi connectivity index (χ1n) is 15.6. The standard InChI is InChI=1S/C40H31N5O/c1-23(2)33-19-28(27-13-12-25-8-5-6-9-26(25)18-27)20-34(24(3)4)37(33)45-36-22-42-17-16-35(36)44-39(45)32-11-7-10-30-31-15-14-29(21-41)43-40(31)46-38(30)32/h5-20,22-24H,1-4H3. The van der Waals surface area contributed by atoms with Crippen LogP contribution in [0.3, 0.4) is 0 Å². The van der Waals surface area contributed by atoms with Gasteiger partial charge in [-0.2, -0.15) is 5.26 Å². The van der Waals surface area contributed by atoms with Gasteiger partial charge < -0.3 is 4.42 Å². The van der Waals surface area contributed by atoms with Crippen LogP contribution in [0, 0.1) is 11.3 Å². The highest BCUT2D eigenvalue weighted by molar-refractivity contribution is 6.08. The van der Waals surface area contributed by atoms with Crippen molar-refractivity contribution in [2.24, 2.45) is 0 Å². The summed E-state index contributed by atoms with van der Waals surface area (Å²) in [7, 11) is 0. The van der Waals surface area contributed by atoms with E-state index < -0.39 is 0 Å². The topological polar surface area (TPSA) is 80.5 Å². The highest BCUT2D eigenvalue weighted by atomic mass is 16.3. The normalized spacial score (nSPS) is 11.8. The summed E-state index contributed by atoms with van der Waals surface area (Å²) in [6, 6.07) is 33.7. The van der Waals surface area contributed by atoms with Gasteiger partial charge in [-0.1, -0.05) is 76.2 Å². The molecule has 0 bridgehead atoms. The van der Waals surface area contributed by atoms with Crippen LogP contribution >= 0.6 is 0 Å². The SMILES string of the molecule is CC(C)c1cc(-c2ccc3ccccc3c2)cc(C(C)C)c1-n1c(-c2cccc3c2oc2nc(C#N)ccc23)nc2ccncc21. The number of imidazole rings is 1. The van der Waals surface area contributed by atoms with Crippen molar-refractivity contribution in [2.45, 2.75) is 39.5 Å². The molecule has 4 heterocycles. The largest absolute Gasteiger partial charge is 0.437 e. The number of para-hydroxylation sites is 1. The molecule has 0 unspecified atom stereocenters. The van der Waals surface area contributed by atoms with Crippen molar-refractivity contribution < 1.29 is 4.42 Å². The summed E-state index contributed by atoms with van der Waals surface area (Å²) < 4.78 is 8.67. The van der Waals surface area contributed by atoms with E-state index in [1.807, 2.05) is 30.5 Å². The Labute approximate surface area is 266 Å². The van der Waals surface area contributed by atoms with Crippen LogP contribution in [0.15, 0.2) is 108 Å². The van der Waals surface area contributed by atoms with Crippen molar-refractivity contribution in [3.8, 4) is 34.3 Å². The molecular formula is C40H31N5O. The third-order valence-electron chi connectivity index (χ3n) is 8.90. The molecule has 6 nitrogen and oxygen atoms in total. The summed E-state index contributed by atoms with van der Waals surface area (Å²) >= 11 is 0. The number of furan rings is 1. The summed E-state index contributed by atoms with van der Waals surface area (Å²) in [5.41, 5.74) is 10.1. The molecule has 0 aliphatic heterocycles. The van der Waals surface area contributed by atoms with Crippen LogP contribution in [-0.4, -0.2) is 19.5 Å². The second-order valence-electron chi connectivity index (χ2n) is 12.5. The lowest BCUT2D eigenvalue weighted by molar-refractivity contribution is 0.654. The number of nitrogens with zero attached hydrogens (tertiary/aromatic N) is 5. The minimum absolute atomic E-state index is 0.227. The molecule has 6 heteroatoms. The monoisotopic (exact) mass is 597 g/mol. The minimum Gasteiger partial charge on any atom is -0.437 e. The Hall–Kier alpha value is -5.80. The number of rotatable bonds is 5. The van der Waals surface area contributed by atoms with Crippen LogP contribution in [0.5, 0.6) is 0 Å². The number of nitriles is 1. The van der Waals surface area contributed by atoms with Crippen molar-refractivity contribution in [1.29, 1.82) is 5.26 Å². The van der Waals surface area contributed by atoms with Gasteiger partial charge in [0.05, 0.1) is 28.5 Å². The van der Waals surface area contributed by atoms with Crippen molar-refractivity contribution >= 4 is 43.9 Å². The maximum Gasteiger partial charge on any atom is 0.228 e. The van der Waals surface area contributed by atoms with Gasteiger partial charge in [0.1, 0.15) is 23.2 Å². The van der Waals surface area contributed by atoms with Gasteiger partial charge >= 0.3 is 0 Å². The first-order valence-corrected chi connectivity index (χ1v) is 15.6. The fourth-order valence-electron chi connectivity index (χ4n) is 6.60. The number of hydrogen-bond donors (Lipinski definition) is 0. The molecule has 0 radical (unpaired) electrons. The molecule has 222 valence electrons. The van der Waals surface area contributed by atoms with Crippen molar-refractivity contribution in [2.75, 3.05) is 0 Å². The van der Waals surface area contributed by atoms with Gasteiger partial charge in [-0.05, 0) is 87.3 Å². The highest BCUT2D eigenvalue weighted by Gasteiger charge is 2.25. The quantitative estimate of drug-likeness (QED) is 0.197. The number of pyridine rings is 2. The molecule has 0 spiro atoms. The number of fused-ring (bicyclic) bond motifs is 5. The molecule has 8 rings (SSSR count). The summed E-state index contributed by atoms with van der Waals surface area (Å²) in [6.45, 7) is 9.01. The predicted octanol–water partition coefficient (Wildman–Crippen LogP) is 10.3. The smallest absolute Gasteiger partial charge is 0.228 e. The van der Waals surface area contributed by atoms with Gasteiger partial charge in [0.25, 0.3) is 0 Å². The molecule has 0 aliphatic carbocycles. The minimum atomic E-state index is 0.227. The molecule has 4 aromatic heterocycles. The fourth-order valence-corrected chi connectivity index (χ4v) is 6.60. The van der Waals surface area contributed by atoms with E-state index in [4.69, 9.17) is 9.40 Å². The Balaban J connectivity index is 1.43. The third kappa shape index (κ3) is 4.35. The molecule has 0 atom stereocenters. The summed E-state index contributed by atoms with van der Waals surface area (Å²) in [6.07, 6.45) is 3.69. The van der Waals surface area contributed by atoms with Gasteiger partial charge in [0, 0.05) is 17.0 Å². The van der Waals surface area contributed by atoms with E-state index in [0.717, 1.165) is 38.9 Å². The molecule has 4 aromatic carbocycles. The van der Waals surface area contributed by atoms with Gasteiger partial charge in [0.15, 0.2) is 0 Å². The second-order valence-corrected chi connectivity index (χ2v) is 12.5. The first kappa shape index (κ1) is 27.7. The lowest BCUT2D eigenvalue weighted by atomic mass is 9.87. The third-order valence-corrected chi connectivity index (χ3v) is 8.90. The average molecular weight is 598 g/mol. The maximum atomic E-state index is 9.45. The molecule has 0 fully saturated rings. The van der Waals surface area contributed by atoms with Crippen molar-refractivity contribution in [3.05, 3.63) is 120 Å². The fraction of sp³-hybridized carbons (Fsp3) is 0.150. The summed E-state index contributed by atoms with van der Waals surface area (Å²) in [5.74, 6) is 1.23. The number of benzene rings is 4. The summed E-state index contributed by atoms with van der Waals surface area (Å²) in [5, 5.41) is 13.7.